The molecule has 0 aliphatic carbocycles. The number of pyridine rings is 1. The highest BCUT2D eigenvalue weighted by atomic mass is 35.5. The zero-order valence-corrected chi connectivity index (χ0v) is 11.9. The Bertz CT molecular complexity index is 644. The van der Waals surface area contributed by atoms with Gasteiger partial charge in [0.1, 0.15) is 0 Å². The predicted octanol–water partition coefficient (Wildman–Crippen LogP) is 2.51. The third-order valence-electron chi connectivity index (χ3n) is 2.68. The topological polar surface area (TPSA) is 68.1 Å². The second-order valence-corrected chi connectivity index (χ2v) is 4.42. The first-order valence-electron chi connectivity index (χ1n) is 5.96. The third kappa shape index (κ3) is 3.12. The summed E-state index contributed by atoms with van der Waals surface area (Å²) in [5.74, 6) is 0.466. The van der Waals surface area contributed by atoms with Gasteiger partial charge in [0.25, 0.3) is 0 Å². The lowest BCUT2D eigenvalue weighted by Crippen LogP contribution is -1.96. The van der Waals surface area contributed by atoms with E-state index in [4.69, 9.17) is 21.4 Å². The van der Waals surface area contributed by atoms with Crippen LogP contribution >= 0.6 is 11.6 Å². The molecule has 0 spiro atoms. The zero-order chi connectivity index (χ0) is 14.5. The number of aliphatic hydroxyl groups is 1. The molecule has 20 heavy (non-hydrogen) atoms. The van der Waals surface area contributed by atoms with Crippen molar-refractivity contribution in [2.24, 2.45) is 0 Å². The normalized spacial score (nSPS) is 11.0. The largest absolute Gasteiger partial charge is 0.481 e. The van der Waals surface area contributed by atoms with Crippen molar-refractivity contribution in [2.45, 2.75) is 6.92 Å². The molecule has 0 bridgehead atoms. The molecule has 5 nitrogen and oxygen atoms in total. The Labute approximate surface area is 121 Å². The minimum absolute atomic E-state index is 0.0315. The molecule has 0 aromatic carbocycles. The summed E-state index contributed by atoms with van der Waals surface area (Å²) in [7, 11) is 1.54. The number of ether oxygens (including phenoxy) is 1. The van der Waals surface area contributed by atoms with E-state index in [2.05, 4.69) is 15.0 Å². The van der Waals surface area contributed by atoms with E-state index < -0.39 is 0 Å². The van der Waals surface area contributed by atoms with E-state index in [0.29, 0.717) is 27.9 Å². The smallest absolute Gasteiger partial charge is 0.213 e. The van der Waals surface area contributed by atoms with Crippen molar-refractivity contribution in [1.29, 1.82) is 0 Å². The van der Waals surface area contributed by atoms with Crippen molar-refractivity contribution < 1.29 is 9.84 Å². The second kappa shape index (κ2) is 6.45. The zero-order valence-electron chi connectivity index (χ0n) is 11.2. The molecular weight excluding hydrogens is 278 g/mol. The lowest BCUT2D eigenvalue weighted by Gasteiger charge is -2.07. The standard InChI is InChI=1S/C14H14ClN3O2/c1-9-12(4-3-5-19)16-8-13(18-9)10-6-14(20-2)17-7-11(10)15/h3-4,6-8,19H,5H2,1-2H3. The summed E-state index contributed by atoms with van der Waals surface area (Å²) in [6.45, 7) is 1.82. The van der Waals surface area contributed by atoms with Crippen molar-refractivity contribution in [3.8, 4) is 17.1 Å². The summed E-state index contributed by atoms with van der Waals surface area (Å²) in [6, 6.07) is 1.72. The van der Waals surface area contributed by atoms with Crippen molar-refractivity contribution in [2.75, 3.05) is 13.7 Å². The SMILES string of the molecule is COc1cc(-c2cnc(C=CCO)c(C)n2)c(Cl)cn1. The van der Waals surface area contributed by atoms with Crippen molar-refractivity contribution in [1.82, 2.24) is 15.0 Å². The maximum Gasteiger partial charge on any atom is 0.213 e. The van der Waals surface area contributed by atoms with Gasteiger partial charge < -0.3 is 9.84 Å². The fraction of sp³-hybridized carbons (Fsp3) is 0.214. The maximum atomic E-state index is 8.77. The van der Waals surface area contributed by atoms with Gasteiger partial charge >= 0.3 is 0 Å². The molecule has 2 aromatic rings. The fourth-order valence-electron chi connectivity index (χ4n) is 1.68. The van der Waals surface area contributed by atoms with Crippen LogP contribution in [0.25, 0.3) is 17.3 Å². The molecule has 0 radical (unpaired) electrons. The number of aromatic nitrogens is 3. The van der Waals surface area contributed by atoms with Gasteiger partial charge in [-0.05, 0) is 13.0 Å². The minimum atomic E-state index is -0.0315. The van der Waals surface area contributed by atoms with Gasteiger partial charge in [-0.25, -0.2) is 9.97 Å². The van der Waals surface area contributed by atoms with E-state index in [-0.39, 0.29) is 6.61 Å². The van der Waals surface area contributed by atoms with Crippen LogP contribution in [0.5, 0.6) is 5.88 Å². The van der Waals surface area contributed by atoms with Crippen LogP contribution in [0.2, 0.25) is 5.02 Å². The van der Waals surface area contributed by atoms with E-state index >= 15 is 0 Å². The molecule has 1 N–H and O–H groups in total. The Balaban J connectivity index is 2.43. The molecule has 0 amide bonds. The van der Waals surface area contributed by atoms with Crippen LogP contribution in [-0.2, 0) is 0 Å². The maximum absolute atomic E-state index is 8.77. The first-order valence-corrected chi connectivity index (χ1v) is 6.34. The molecule has 0 saturated carbocycles. The summed E-state index contributed by atoms with van der Waals surface area (Å²) in [4.78, 5) is 12.8. The summed E-state index contributed by atoms with van der Waals surface area (Å²) in [5, 5.41) is 9.26. The molecule has 0 aliphatic heterocycles. The molecule has 0 saturated heterocycles. The number of hydrogen-bond acceptors (Lipinski definition) is 5. The summed E-state index contributed by atoms with van der Waals surface area (Å²) in [5.41, 5.74) is 2.82. The number of aliphatic hydroxyl groups excluding tert-OH is 1. The molecule has 0 aliphatic rings. The molecule has 0 unspecified atom stereocenters. The minimum Gasteiger partial charge on any atom is -0.481 e. The van der Waals surface area contributed by atoms with Gasteiger partial charge in [-0.1, -0.05) is 17.7 Å². The van der Waals surface area contributed by atoms with Gasteiger partial charge in [0.05, 0.1) is 48.2 Å². The third-order valence-corrected chi connectivity index (χ3v) is 2.98. The Morgan fingerprint density at radius 3 is 2.80 bits per heavy atom. The Kier molecular flexibility index (Phi) is 4.65. The van der Waals surface area contributed by atoms with E-state index in [9.17, 15) is 0 Å². The molecule has 2 aromatic heterocycles. The quantitative estimate of drug-likeness (QED) is 0.937. The van der Waals surface area contributed by atoms with Crippen molar-refractivity contribution in [3.05, 3.63) is 40.9 Å². The Morgan fingerprint density at radius 2 is 2.15 bits per heavy atom. The number of hydrogen-bond donors (Lipinski definition) is 1. The highest BCUT2D eigenvalue weighted by molar-refractivity contribution is 6.33. The van der Waals surface area contributed by atoms with Crippen LogP contribution < -0.4 is 4.74 Å². The monoisotopic (exact) mass is 291 g/mol. The highest BCUT2D eigenvalue weighted by Crippen LogP contribution is 2.28. The van der Waals surface area contributed by atoms with Crippen molar-refractivity contribution in [3.63, 3.8) is 0 Å². The lowest BCUT2D eigenvalue weighted by molar-refractivity contribution is 0.343. The fourth-order valence-corrected chi connectivity index (χ4v) is 1.88. The first-order chi connectivity index (χ1) is 9.65. The average molecular weight is 292 g/mol. The second-order valence-electron chi connectivity index (χ2n) is 4.02. The van der Waals surface area contributed by atoms with Gasteiger partial charge in [0, 0.05) is 11.6 Å². The van der Waals surface area contributed by atoms with Crippen LogP contribution in [0.4, 0.5) is 0 Å². The lowest BCUT2D eigenvalue weighted by atomic mass is 10.2. The van der Waals surface area contributed by atoms with Gasteiger partial charge in [-0.3, -0.25) is 4.98 Å². The van der Waals surface area contributed by atoms with Gasteiger partial charge in [-0.2, -0.15) is 0 Å². The van der Waals surface area contributed by atoms with E-state index in [1.54, 1.807) is 31.5 Å². The number of aryl methyl sites for hydroxylation is 1. The number of rotatable bonds is 4. The Hall–Kier alpha value is -1.98. The summed E-state index contributed by atoms with van der Waals surface area (Å²) < 4.78 is 5.08. The van der Waals surface area contributed by atoms with Crippen molar-refractivity contribution >= 4 is 17.7 Å². The van der Waals surface area contributed by atoms with Crippen LogP contribution in [0.3, 0.4) is 0 Å². The Morgan fingerprint density at radius 1 is 1.35 bits per heavy atom. The number of methoxy groups -OCH3 is 1. The molecule has 2 rings (SSSR count). The molecule has 104 valence electrons. The summed E-state index contributed by atoms with van der Waals surface area (Å²) >= 11 is 6.13. The molecule has 0 fully saturated rings. The van der Waals surface area contributed by atoms with Crippen LogP contribution in [0.1, 0.15) is 11.4 Å². The van der Waals surface area contributed by atoms with Gasteiger partial charge in [0.2, 0.25) is 5.88 Å². The molecule has 2 heterocycles. The predicted molar refractivity (Wildman–Crippen MR) is 77.7 cm³/mol. The first kappa shape index (κ1) is 14.4. The molecular formula is C14H14ClN3O2. The van der Waals surface area contributed by atoms with Gasteiger partial charge in [-0.15, -0.1) is 0 Å². The van der Waals surface area contributed by atoms with Crippen LogP contribution in [-0.4, -0.2) is 33.8 Å². The number of halogens is 1. The van der Waals surface area contributed by atoms with Gasteiger partial charge in [0.15, 0.2) is 0 Å². The van der Waals surface area contributed by atoms with Crippen LogP contribution in [0, 0.1) is 6.92 Å². The van der Waals surface area contributed by atoms with Crippen LogP contribution in [0.15, 0.2) is 24.5 Å². The highest BCUT2D eigenvalue weighted by Gasteiger charge is 2.10. The van der Waals surface area contributed by atoms with E-state index in [1.807, 2.05) is 6.92 Å². The van der Waals surface area contributed by atoms with E-state index in [1.165, 1.54) is 6.20 Å². The number of nitrogens with zero attached hydrogens (tertiary/aromatic N) is 3. The average Bonchev–Trinajstić information content (AvgIpc) is 2.46. The molecule has 0 atom stereocenters. The summed E-state index contributed by atoms with van der Waals surface area (Å²) in [6.07, 6.45) is 6.48. The van der Waals surface area contributed by atoms with E-state index in [0.717, 1.165) is 5.69 Å². The molecule has 6 heteroatoms.